The van der Waals surface area contributed by atoms with E-state index < -0.39 is 22.7 Å². The van der Waals surface area contributed by atoms with Crippen LogP contribution < -0.4 is 10.7 Å². The first-order valence-electron chi connectivity index (χ1n) is 10.2. The number of nitrogens with one attached hydrogen (secondary N) is 1. The zero-order valence-corrected chi connectivity index (χ0v) is 17.5. The van der Waals surface area contributed by atoms with Gasteiger partial charge in [-0.3, -0.25) is 9.59 Å². The Morgan fingerprint density at radius 2 is 1.67 bits per heavy atom. The van der Waals surface area contributed by atoms with Crippen molar-refractivity contribution in [2.45, 2.75) is 0 Å². The predicted molar refractivity (Wildman–Crippen MR) is 120 cm³/mol. The summed E-state index contributed by atoms with van der Waals surface area (Å²) in [5.41, 5.74) is 1.03. The molecule has 33 heavy (non-hydrogen) atoms. The molecule has 166 valence electrons. The summed E-state index contributed by atoms with van der Waals surface area (Å²) in [4.78, 5) is 37.6. The molecule has 3 N–H and O–H groups in total. The number of aromatic carboxylic acids is 1. The molecule has 0 atom stereocenters. The second kappa shape index (κ2) is 8.98. The first-order valence-corrected chi connectivity index (χ1v) is 10.2. The van der Waals surface area contributed by atoms with Gasteiger partial charge in [0, 0.05) is 37.9 Å². The number of carbonyl (C=O) groups is 2. The smallest absolute Gasteiger partial charge is 0.341 e. The molecule has 0 radical (unpaired) electrons. The Hall–Kier alpha value is -4.42. The van der Waals surface area contributed by atoms with E-state index in [2.05, 4.69) is 11.4 Å². The number of pyridine rings is 1. The van der Waals surface area contributed by atoms with Crippen LogP contribution in [-0.2, 0) is 0 Å². The Labute approximate surface area is 188 Å². The quantitative estimate of drug-likeness (QED) is 0.558. The van der Waals surface area contributed by atoms with Gasteiger partial charge in [0.25, 0.3) is 5.91 Å². The molecule has 1 aliphatic rings. The molecule has 2 heterocycles. The SMILES string of the molecule is N#Cc1cc(-c2ccc(C(=O)N3CCNCC3)cc2)ccc1-n1cc(O)c(=O)c(C(=O)O)c1. The van der Waals surface area contributed by atoms with E-state index in [-0.39, 0.29) is 11.5 Å². The summed E-state index contributed by atoms with van der Waals surface area (Å²) in [5, 5.41) is 31.9. The van der Waals surface area contributed by atoms with Crippen LogP contribution in [0.15, 0.2) is 59.7 Å². The zero-order valence-electron chi connectivity index (χ0n) is 17.5. The molecule has 1 fully saturated rings. The van der Waals surface area contributed by atoms with Crippen LogP contribution in [0.25, 0.3) is 16.8 Å². The summed E-state index contributed by atoms with van der Waals surface area (Å²) in [6.07, 6.45) is 2.14. The van der Waals surface area contributed by atoms with E-state index in [4.69, 9.17) is 0 Å². The van der Waals surface area contributed by atoms with E-state index in [1.54, 1.807) is 47.4 Å². The zero-order chi connectivity index (χ0) is 23.5. The number of nitrogens with zero attached hydrogens (tertiary/aromatic N) is 3. The molecule has 9 nitrogen and oxygen atoms in total. The van der Waals surface area contributed by atoms with Crippen molar-refractivity contribution < 1.29 is 19.8 Å². The molecule has 1 amide bonds. The van der Waals surface area contributed by atoms with Crippen molar-refractivity contribution in [2.75, 3.05) is 26.2 Å². The van der Waals surface area contributed by atoms with Crippen LogP contribution in [0.2, 0.25) is 0 Å². The molecule has 0 saturated carbocycles. The van der Waals surface area contributed by atoms with Gasteiger partial charge in [-0.25, -0.2) is 4.79 Å². The predicted octanol–water partition coefficient (Wildman–Crippen LogP) is 1.83. The number of piperazine rings is 1. The number of rotatable bonds is 4. The highest BCUT2D eigenvalue weighted by atomic mass is 16.4. The standard InChI is InChI=1S/C24H20N4O5/c25-12-18-11-17(5-6-20(18)28-13-19(24(32)33)22(30)21(29)14-28)15-1-3-16(4-2-15)23(31)27-9-7-26-8-10-27/h1-6,11,13-14,26,29H,7-10H2,(H,32,33). The largest absolute Gasteiger partial charge is 0.503 e. The van der Waals surface area contributed by atoms with Gasteiger partial charge in [-0.05, 0) is 35.4 Å². The molecule has 4 rings (SSSR count). The lowest BCUT2D eigenvalue weighted by molar-refractivity contribution is 0.0692. The number of aromatic nitrogens is 1. The lowest BCUT2D eigenvalue weighted by Gasteiger charge is -2.27. The summed E-state index contributed by atoms with van der Waals surface area (Å²) >= 11 is 0. The molecular weight excluding hydrogens is 424 g/mol. The van der Waals surface area contributed by atoms with Crippen LogP contribution in [0.3, 0.4) is 0 Å². The van der Waals surface area contributed by atoms with Gasteiger partial charge in [0.2, 0.25) is 5.43 Å². The van der Waals surface area contributed by atoms with Crippen LogP contribution in [0.1, 0.15) is 26.3 Å². The van der Waals surface area contributed by atoms with Crippen LogP contribution >= 0.6 is 0 Å². The number of carboxylic acids is 1. The highest BCUT2D eigenvalue weighted by Gasteiger charge is 2.18. The number of nitriles is 1. The maximum atomic E-state index is 12.6. The van der Waals surface area contributed by atoms with Crippen LogP contribution in [0, 0.1) is 11.3 Å². The molecule has 9 heteroatoms. The molecule has 0 unspecified atom stereocenters. The third kappa shape index (κ3) is 4.33. The fourth-order valence-electron chi connectivity index (χ4n) is 3.74. The summed E-state index contributed by atoms with van der Waals surface area (Å²) in [5.74, 6) is -2.23. The Kier molecular flexibility index (Phi) is 5.93. The van der Waals surface area contributed by atoms with Gasteiger partial charge < -0.3 is 25.0 Å². The summed E-state index contributed by atoms with van der Waals surface area (Å²) in [6.45, 7) is 2.87. The normalized spacial score (nSPS) is 13.4. The topological polar surface area (TPSA) is 136 Å². The number of carboxylic acid groups (broad SMARTS) is 1. The van der Waals surface area contributed by atoms with Gasteiger partial charge in [-0.2, -0.15) is 5.26 Å². The van der Waals surface area contributed by atoms with E-state index in [1.165, 1.54) is 4.57 Å². The first-order chi connectivity index (χ1) is 15.9. The van der Waals surface area contributed by atoms with E-state index in [9.17, 15) is 29.9 Å². The molecule has 2 aromatic carbocycles. The highest BCUT2D eigenvalue weighted by Crippen LogP contribution is 2.26. The van der Waals surface area contributed by atoms with Crippen molar-refractivity contribution in [1.29, 1.82) is 5.26 Å². The first kappa shape index (κ1) is 21.8. The Morgan fingerprint density at radius 3 is 2.30 bits per heavy atom. The fraction of sp³-hybridized carbons (Fsp3) is 0.167. The highest BCUT2D eigenvalue weighted by molar-refractivity contribution is 5.95. The number of amides is 1. The summed E-state index contributed by atoms with van der Waals surface area (Å²) in [6, 6.07) is 14.1. The maximum Gasteiger partial charge on any atom is 0.341 e. The van der Waals surface area contributed by atoms with Crippen molar-refractivity contribution in [3.63, 3.8) is 0 Å². The van der Waals surface area contributed by atoms with Gasteiger partial charge in [-0.1, -0.05) is 18.2 Å². The number of aromatic hydroxyl groups is 1. The van der Waals surface area contributed by atoms with Crippen molar-refractivity contribution in [2.24, 2.45) is 0 Å². The Balaban J connectivity index is 1.65. The summed E-state index contributed by atoms with van der Waals surface area (Å²) < 4.78 is 1.23. The molecule has 0 bridgehead atoms. The van der Waals surface area contributed by atoms with Crippen molar-refractivity contribution >= 4 is 11.9 Å². The van der Waals surface area contributed by atoms with Crippen molar-refractivity contribution in [3.05, 3.63) is 81.8 Å². The number of hydrogen-bond donors (Lipinski definition) is 3. The molecular formula is C24H20N4O5. The number of carbonyl (C=O) groups excluding carboxylic acids is 1. The molecule has 0 aliphatic carbocycles. The van der Waals surface area contributed by atoms with Gasteiger partial charge in [0.1, 0.15) is 11.6 Å². The van der Waals surface area contributed by atoms with Crippen LogP contribution in [-0.4, -0.2) is 57.7 Å². The summed E-state index contributed by atoms with van der Waals surface area (Å²) in [7, 11) is 0. The molecule has 1 aliphatic heterocycles. The lowest BCUT2D eigenvalue weighted by Crippen LogP contribution is -2.46. The minimum atomic E-state index is -1.48. The van der Waals surface area contributed by atoms with E-state index >= 15 is 0 Å². The minimum absolute atomic E-state index is 0.0247. The average Bonchev–Trinajstić information content (AvgIpc) is 2.85. The Bertz CT molecular complexity index is 1330. The van der Waals surface area contributed by atoms with Crippen molar-refractivity contribution in [3.8, 4) is 28.6 Å². The van der Waals surface area contributed by atoms with E-state index in [0.29, 0.717) is 24.3 Å². The molecule has 3 aromatic rings. The van der Waals surface area contributed by atoms with Crippen LogP contribution in [0.5, 0.6) is 5.75 Å². The monoisotopic (exact) mass is 444 g/mol. The van der Waals surface area contributed by atoms with Gasteiger partial charge in [0.05, 0.1) is 17.4 Å². The molecule has 1 aromatic heterocycles. The fourth-order valence-corrected chi connectivity index (χ4v) is 3.74. The molecule has 0 spiro atoms. The second-order valence-corrected chi connectivity index (χ2v) is 7.56. The van der Waals surface area contributed by atoms with Crippen LogP contribution in [0.4, 0.5) is 0 Å². The minimum Gasteiger partial charge on any atom is -0.503 e. The molecule has 1 saturated heterocycles. The third-order valence-electron chi connectivity index (χ3n) is 5.50. The second-order valence-electron chi connectivity index (χ2n) is 7.56. The Morgan fingerprint density at radius 1 is 1.00 bits per heavy atom. The van der Waals surface area contributed by atoms with Gasteiger partial charge in [-0.15, -0.1) is 0 Å². The van der Waals surface area contributed by atoms with Gasteiger partial charge in [0.15, 0.2) is 5.75 Å². The average molecular weight is 444 g/mol. The van der Waals surface area contributed by atoms with E-state index in [0.717, 1.165) is 36.6 Å². The van der Waals surface area contributed by atoms with Crippen molar-refractivity contribution in [1.82, 2.24) is 14.8 Å². The number of hydrogen-bond acceptors (Lipinski definition) is 6. The lowest BCUT2D eigenvalue weighted by atomic mass is 10.0. The maximum absolute atomic E-state index is 12.6. The third-order valence-corrected chi connectivity index (χ3v) is 5.50. The van der Waals surface area contributed by atoms with Gasteiger partial charge >= 0.3 is 5.97 Å². The number of benzene rings is 2. The van der Waals surface area contributed by atoms with E-state index in [1.807, 2.05) is 0 Å².